The molecule has 2 aromatic carbocycles. The van der Waals surface area contributed by atoms with Gasteiger partial charge in [-0.25, -0.2) is 0 Å². The molecule has 0 N–H and O–H groups in total. The van der Waals surface area contributed by atoms with E-state index in [1.54, 1.807) is 11.1 Å². The largest absolute Gasteiger partial charge is 0.293 e. The molecule has 1 nitrogen and oxygen atoms in total. The third-order valence-corrected chi connectivity index (χ3v) is 6.25. The highest BCUT2D eigenvalue weighted by Gasteiger charge is 2.34. The second-order valence-corrected chi connectivity index (χ2v) is 8.12. The SMILES string of the molecule is CC(c1cccc(Br)c1)N1C[C@@H]2CC[C@@H]1Cc1ccccc1C2. The molecule has 1 saturated heterocycles. The molecule has 2 aliphatic heterocycles. The van der Waals surface area contributed by atoms with E-state index in [0.717, 1.165) is 5.92 Å². The van der Waals surface area contributed by atoms with Crippen molar-refractivity contribution in [1.82, 2.24) is 4.90 Å². The van der Waals surface area contributed by atoms with Crippen molar-refractivity contribution in [1.29, 1.82) is 0 Å². The van der Waals surface area contributed by atoms with Crippen LogP contribution in [0, 0.1) is 5.92 Å². The number of rotatable bonds is 2. The summed E-state index contributed by atoms with van der Waals surface area (Å²) in [5.41, 5.74) is 4.60. The van der Waals surface area contributed by atoms with Gasteiger partial charge in [-0.05, 0) is 67.3 Å². The van der Waals surface area contributed by atoms with E-state index in [2.05, 4.69) is 76.3 Å². The van der Waals surface area contributed by atoms with E-state index in [0.29, 0.717) is 12.1 Å². The van der Waals surface area contributed by atoms with Crippen LogP contribution in [0.1, 0.15) is 42.5 Å². The van der Waals surface area contributed by atoms with Gasteiger partial charge in [0.05, 0.1) is 0 Å². The third-order valence-electron chi connectivity index (χ3n) is 5.76. The average Bonchev–Trinajstić information content (AvgIpc) is 2.54. The Hall–Kier alpha value is -1.12. The van der Waals surface area contributed by atoms with Gasteiger partial charge in [0.15, 0.2) is 0 Å². The van der Waals surface area contributed by atoms with Gasteiger partial charge < -0.3 is 0 Å². The number of halogens is 1. The van der Waals surface area contributed by atoms with E-state index in [1.807, 2.05) is 0 Å². The molecule has 120 valence electrons. The summed E-state index contributed by atoms with van der Waals surface area (Å²) in [5, 5.41) is 0. The number of hydrogen-bond donors (Lipinski definition) is 0. The molecule has 1 unspecified atom stereocenters. The van der Waals surface area contributed by atoms with Crippen LogP contribution >= 0.6 is 15.9 Å². The lowest BCUT2D eigenvalue weighted by atomic mass is 9.79. The van der Waals surface area contributed by atoms with E-state index in [9.17, 15) is 0 Å². The molecule has 2 heterocycles. The van der Waals surface area contributed by atoms with E-state index >= 15 is 0 Å². The van der Waals surface area contributed by atoms with Gasteiger partial charge in [-0.2, -0.15) is 0 Å². The molecule has 0 amide bonds. The molecular weight excluding hydrogens is 346 g/mol. The first kappa shape index (κ1) is 15.4. The van der Waals surface area contributed by atoms with Crippen LogP contribution in [0.25, 0.3) is 0 Å². The molecule has 2 heteroatoms. The fraction of sp³-hybridized carbons (Fsp3) is 0.429. The Morgan fingerprint density at radius 2 is 1.78 bits per heavy atom. The van der Waals surface area contributed by atoms with Crippen LogP contribution < -0.4 is 0 Å². The highest BCUT2D eigenvalue weighted by atomic mass is 79.9. The minimum atomic E-state index is 0.491. The molecule has 0 spiro atoms. The zero-order valence-electron chi connectivity index (χ0n) is 13.7. The highest BCUT2D eigenvalue weighted by Crippen LogP contribution is 2.37. The Morgan fingerprint density at radius 3 is 2.57 bits per heavy atom. The Bertz CT molecular complexity index is 696. The third kappa shape index (κ3) is 3.12. The van der Waals surface area contributed by atoms with Gasteiger partial charge in [0.25, 0.3) is 0 Å². The standard InChI is InChI=1S/C21H24BrN/c1-15(17-7-4-8-20(22)12-17)23-14-16-9-10-21(23)13-19-6-3-2-5-18(19)11-16/h2-8,12,15-16,21H,9-11,13-14H2,1H3/t15?,16-,21-/m1/s1. The summed E-state index contributed by atoms with van der Waals surface area (Å²) >= 11 is 3.63. The maximum atomic E-state index is 3.63. The van der Waals surface area contributed by atoms with Crippen LogP contribution in [0.3, 0.4) is 0 Å². The molecule has 3 atom stereocenters. The van der Waals surface area contributed by atoms with Crippen LogP contribution in [-0.2, 0) is 12.8 Å². The Balaban J connectivity index is 1.64. The lowest BCUT2D eigenvalue weighted by Gasteiger charge is -2.45. The lowest BCUT2D eigenvalue weighted by Crippen LogP contribution is -2.47. The van der Waals surface area contributed by atoms with Crippen LogP contribution in [0.4, 0.5) is 0 Å². The zero-order chi connectivity index (χ0) is 15.8. The topological polar surface area (TPSA) is 3.24 Å². The molecule has 5 rings (SSSR count). The van der Waals surface area contributed by atoms with Crippen molar-refractivity contribution in [2.75, 3.05) is 6.54 Å². The molecule has 2 aromatic rings. The number of nitrogens with zero attached hydrogens (tertiary/aromatic N) is 1. The number of piperidine rings is 1. The van der Waals surface area contributed by atoms with Gasteiger partial charge in [-0.1, -0.05) is 52.3 Å². The Morgan fingerprint density at radius 1 is 1.00 bits per heavy atom. The zero-order valence-corrected chi connectivity index (χ0v) is 15.3. The minimum Gasteiger partial charge on any atom is -0.293 e. The smallest absolute Gasteiger partial charge is 0.0323 e. The molecule has 23 heavy (non-hydrogen) atoms. The molecular formula is C21H24BrN. The molecule has 2 bridgehead atoms. The van der Waals surface area contributed by atoms with Gasteiger partial charge in [0.1, 0.15) is 0 Å². The summed E-state index contributed by atoms with van der Waals surface area (Å²) in [5.74, 6) is 0.808. The highest BCUT2D eigenvalue weighted by molar-refractivity contribution is 9.10. The first-order valence-corrected chi connectivity index (χ1v) is 9.58. The number of benzene rings is 2. The van der Waals surface area contributed by atoms with Crippen LogP contribution in [0.2, 0.25) is 0 Å². The van der Waals surface area contributed by atoms with Crippen LogP contribution in [0.5, 0.6) is 0 Å². The number of fused-ring (bicyclic) bond motifs is 2. The Labute approximate surface area is 147 Å². The first-order chi connectivity index (χ1) is 11.2. The molecule has 0 aromatic heterocycles. The van der Waals surface area contributed by atoms with Gasteiger partial charge in [0, 0.05) is 23.1 Å². The predicted molar refractivity (Wildman–Crippen MR) is 99.6 cm³/mol. The van der Waals surface area contributed by atoms with Gasteiger partial charge >= 0.3 is 0 Å². The second-order valence-electron chi connectivity index (χ2n) is 7.20. The maximum Gasteiger partial charge on any atom is 0.0323 e. The number of hydrogen-bond acceptors (Lipinski definition) is 1. The second kappa shape index (κ2) is 6.41. The summed E-state index contributed by atoms with van der Waals surface area (Å²) in [6.45, 7) is 3.62. The summed E-state index contributed by atoms with van der Waals surface area (Å²) < 4.78 is 1.18. The summed E-state index contributed by atoms with van der Waals surface area (Å²) in [4.78, 5) is 2.77. The fourth-order valence-corrected chi connectivity index (χ4v) is 4.89. The maximum absolute atomic E-state index is 3.63. The van der Waals surface area contributed by atoms with Crippen molar-refractivity contribution >= 4 is 15.9 Å². The van der Waals surface area contributed by atoms with Crippen molar-refractivity contribution in [3.05, 3.63) is 69.7 Å². The van der Waals surface area contributed by atoms with Crippen molar-refractivity contribution in [2.45, 2.75) is 44.7 Å². The van der Waals surface area contributed by atoms with Gasteiger partial charge in [-0.15, -0.1) is 0 Å². The van der Waals surface area contributed by atoms with Crippen LogP contribution in [-0.4, -0.2) is 17.5 Å². The lowest BCUT2D eigenvalue weighted by molar-refractivity contribution is 0.0642. The monoisotopic (exact) mass is 369 g/mol. The molecule has 3 aliphatic rings. The molecule has 1 aliphatic carbocycles. The first-order valence-electron chi connectivity index (χ1n) is 8.78. The summed E-state index contributed by atoms with van der Waals surface area (Å²) in [7, 11) is 0. The van der Waals surface area contributed by atoms with E-state index in [-0.39, 0.29) is 0 Å². The summed E-state index contributed by atoms with van der Waals surface area (Å²) in [6.07, 6.45) is 5.20. The van der Waals surface area contributed by atoms with E-state index in [4.69, 9.17) is 0 Å². The van der Waals surface area contributed by atoms with Crippen molar-refractivity contribution in [3.63, 3.8) is 0 Å². The van der Waals surface area contributed by atoms with Crippen molar-refractivity contribution in [3.8, 4) is 0 Å². The Kier molecular flexibility index (Phi) is 4.29. The van der Waals surface area contributed by atoms with E-state index in [1.165, 1.54) is 42.3 Å². The van der Waals surface area contributed by atoms with Crippen LogP contribution in [0.15, 0.2) is 53.0 Å². The average molecular weight is 370 g/mol. The fourth-order valence-electron chi connectivity index (χ4n) is 4.47. The molecule has 1 fully saturated rings. The van der Waals surface area contributed by atoms with Gasteiger partial charge in [0.2, 0.25) is 0 Å². The quantitative estimate of drug-likeness (QED) is 0.685. The van der Waals surface area contributed by atoms with Crippen molar-refractivity contribution in [2.24, 2.45) is 5.92 Å². The predicted octanol–water partition coefficient (Wildman–Crippen LogP) is 5.39. The van der Waals surface area contributed by atoms with Crippen molar-refractivity contribution < 1.29 is 0 Å². The molecule has 0 saturated carbocycles. The normalized spacial score (nSPS) is 25.5. The minimum absolute atomic E-state index is 0.491. The molecule has 0 radical (unpaired) electrons. The van der Waals surface area contributed by atoms with Gasteiger partial charge in [-0.3, -0.25) is 4.90 Å². The van der Waals surface area contributed by atoms with E-state index < -0.39 is 0 Å². The summed E-state index contributed by atoms with van der Waals surface area (Å²) in [6, 6.07) is 19.1.